The minimum Gasteiger partial charge on any atom is -0.449 e. The fourth-order valence-corrected chi connectivity index (χ4v) is 4.00. The maximum Gasteiger partial charge on any atom is 0.407 e. The van der Waals surface area contributed by atoms with Crippen molar-refractivity contribution in [1.82, 2.24) is 5.32 Å². The second-order valence-corrected chi connectivity index (χ2v) is 7.37. The summed E-state index contributed by atoms with van der Waals surface area (Å²) in [5, 5.41) is 12.4. The van der Waals surface area contributed by atoms with Gasteiger partial charge in [-0.1, -0.05) is 78.9 Å². The molecule has 4 rings (SSSR count). The maximum atomic E-state index is 12.4. The summed E-state index contributed by atoms with van der Waals surface area (Å²) in [6.45, 7) is 0.160. The Morgan fingerprint density at radius 2 is 1.48 bits per heavy atom. The van der Waals surface area contributed by atoms with Crippen LogP contribution in [0.1, 0.15) is 29.0 Å². The van der Waals surface area contributed by atoms with E-state index in [0.29, 0.717) is 6.42 Å². The van der Waals surface area contributed by atoms with E-state index < -0.39 is 6.09 Å². The molecule has 2 N–H and O–H groups in total. The first-order valence-corrected chi connectivity index (χ1v) is 10.0. The van der Waals surface area contributed by atoms with E-state index in [9.17, 15) is 9.90 Å². The monoisotopic (exact) mass is 387 g/mol. The third-order valence-electron chi connectivity index (χ3n) is 5.51. The van der Waals surface area contributed by atoms with Gasteiger partial charge in [-0.3, -0.25) is 0 Å². The molecule has 4 heteroatoms. The number of alkyl carbamates (subject to hydrolysis) is 1. The minimum atomic E-state index is -0.487. The number of carbonyl (C=O) groups is 1. The highest BCUT2D eigenvalue weighted by Crippen LogP contribution is 2.44. The van der Waals surface area contributed by atoms with Gasteiger partial charge in [-0.2, -0.15) is 0 Å². The molecular weight excluding hydrogens is 362 g/mol. The summed E-state index contributed by atoms with van der Waals surface area (Å²) in [4.78, 5) is 12.4. The molecule has 3 aromatic rings. The molecule has 0 saturated heterocycles. The van der Waals surface area contributed by atoms with Crippen LogP contribution in [0.3, 0.4) is 0 Å². The lowest BCUT2D eigenvalue weighted by atomic mass is 9.98. The molecule has 148 valence electrons. The Labute approximate surface area is 171 Å². The number of amides is 1. The van der Waals surface area contributed by atoms with E-state index in [0.717, 1.165) is 6.42 Å². The lowest BCUT2D eigenvalue weighted by Crippen LogP contribution is -2.38. The predicted molar refractivity (Wildman–Crippen MR) is 114 cm³/mol. The van der Waals surface area contributed by atoms with Gasteiger partial charge in [0.15, 0.2) is 0 Å². The predicted octanol–water partition coefficient (Wildman–Crippen LogP) is 4.52. The van der Waals surface area contributed by atoms with E-state index in [1.54, 1.807) is 0 Å². The first kappa shape index (κ1) is 19.2. The molecule has 0 heterocycles. The molecule has 0 bridgehead atoms. The van der Waals surface area contributed by atoms with Crippen LogP contribution in [0.4, 0.5) is 4.79 Å². The van der Waals surface area contributed by atoms with E-state index in [2.05, 4.69) is 29.6 Å². The molecule has 0 radical (unpaired) electrons. The number of aliphatic hydroxyl groups excluding tert-OH is 1. The standard InChI is InChI=1S/C25H25NO3/c27-16-19(15-14-18-8-2-1-3-9-18)26-25(28)29-17-24-22-12-6-4-10-20(22)21-11-5-7-13-23(21)24/h1-13,19,24,27H,14-17H2,(H,26,28). The number of aliphatic hydroxyl groups is 1. The Morgan fingerprint density at radius 3 is 2.10 bits per heavy atom. The summed E-state index contributed by atoms with van der Waals surface area (Å²) >= 11 is 0. The number of nitrogens with one attached hydrogen (secondary N) is 1. The van der Waals surface area contributed by atoms with Crippen molar-refractivity contribution in [3.05, 3.63) is 95.6 Å². The van der Waals surface area contributed by atoms with Crippen molar-refractivity contribution in [3.63, 3.8) is 0 Å². The zero-order valence-corrected chi connectivity index (χ0v) is 16.3. The van der Waals surface area contributed by atoms with Crippen LogP contribution in [-0.4, -0.2) is 30.5 Å². The molecule has 1 unspecified atom stereocenters. The molecule has 1 amide bonds. The first-order valence-electron chi connectivity index (χ1n) is 10.0. The van der Waals surface area contributed by atoms with Gasteiger partial charge in [0, 0.05) is 5.92 Å². The average molecular weight is 387 g/mol. The van der Waals surface area contributed by atoms with Crippen molar-refractivity contribution in [2.75, 3.05) is 13.2 Å². The van der Waals surface area contributed by atoms with Crippen molar-refractivity contribution in [2.24, 2.45) is 0 Å². The van der Waals surface area contributed by atoms with Crippen LogP contribution in [-0.2, 0) is 11.2 Å². The Hall–Kier alpha value is -3.11. The smallest absolute Gasteiger partial charge is 0.407 e. The molecule has 1 atom stereocenters. The lowest BCUT2D eigenvalue weighted by Gasteiger charge is -2.18. The summed E-state index contributed by atoms with van der Waals surface area (Å²) in [7, 11) is 0. The van der Waals surface area contributed by atoms with Gasteiger partial charge in [0.05, 0.1) is 12.6 Å². The van der Waals surface area contributed by atoms with Crippen molar-refractivity contribution < 1.29 is 14.6 Å². The van der Waals surface area contributed by atoms with Crippen LogP contribution in [0.2, 0.25) is 0 Å². The van der Waals surface area contributed by atoms with Gasteiger partial charge in [-0.15, -0.1) is 0 Å². The molecule has 0 saturated carbocycles. The maximum absolute atomic E-state index is 12.4. The van der Waals surface area contributed by atoms with Crippen LogP contribution in [0, 0.1) is 0 Å². The molecule has 1 aliphatic rings. The Morgan fingerprint density at radius 1 is 0.897 bits per heavy atom. The number of ether oxygens (including phenoxy) is 1. The Kier molecular flexibility index (Phi) is 5.92. The summed E-state index contributed by atoms with van der Waals surface area (Å²) in [6.07, 6.45) is 0.958. The number of carbonyl (C=O) groups excluding carboxylic acids is 1. The van der Waals surface area contributed by atoms with Crippen molar-refractivity contribution in [1.29, 1.82) is 0 Å². The van der Waals surface area contributed by atoms with E-state index in [1.807, 2.05) is 54.6 Å². The number of fused-ring (bicyclic) bond motifs is 3. The molecule has 0 aliphatic heterocycles. The van der Waals surface area contributed by atoms with Crippen LogP contribution in [0.25, 0.3) is 11.1 Å². The van der Waals surface area contributed by atoms with Crippen LogP contribution in [0.5, 0.6) is 0 Å². The van der Waals surface area contributed by atoms with Gasteiger partial charge in [-0.25, -0.2) is 4.79 Å². The van der Waals surface area contributed by atoms with Crippen molar-refractivity contribution >= 4 is 6.09 Å². The van der Waals surface area contributed by atoms with E-state index in [-0.39, 0.29) is 25.2 Å². The summed E-state index contributed by atoms with van der Waals surface area (Å²) < 4.78 is 5.56. The molecule has 0 aromatic heterocycles. The number of aryl methyl sites for hydroxylation is 1. The molecular formula is C25H25NO3. The van der Waals surface area contributed by atoms with Gasteiger partial charge in [-0.05, 0) is 40.7 Å². The topological polar surface area (TPSA) is 58.6 Å². The largest absolute Gasteiger partial charge is 0.449 e. The van der Waals surface area contributed by atoms with Gasteiger partial charge >= 0.3 is 6.09 Å². The van der Waals surface area contributed by atoms with Gasteiger partial charge in [0.25, 0.3) is 0 Å². The number of benzene rings is 3. The fourth-order valence-electron chi connectivity index (χ4n) is 4.00. The average Bonchev–Trinajstić information content (AvgIpc) is 3.09. The molecule has 1 aliphatic carbocycles. The molecule has 29 heavy (non-hydrogen) atoms. The highest BCUT2D eigenvalue weighted by atomic mass is 16.5. The minimum absolute atomic E-state index is 0.0324. The van der Waals surface area contributed by atoms with E-state index >= 15 is 0 Å². The summed E-state index contributed by atoms with van der Waals surface area (Å²) in [5.74, 6) is 0.0324. The second kappa shape index (κ2) is 8.93. The molecule has 3 aromatic carbocycles. The molecule has 0 fully saturated rings. The molecule has 4 nitrogen and oxygen atoms in total. The molecule has 0 spiro atoms. The number of rotatable bonds is 7. The first-order chi connectivity index (χ1) is 14.3. The quantitative estimate of drug-likeness (QED) is 0.627. The normalized spacial score (nSPS) is 13.4. The van der Waals surface area contributed by atoms with Gasteiger partial charge < -0.3 is 15.2 Å². The number of hydrogen-bond donors (Lipinski definition) is 2. The van der Waals surface area contributed by atoms with E-state index in [4.69, 9.17) is 4.74 Å². The Balaban J connectivity index is 1.35. The van der Waals surface area contributed by atoms with Crippen LogP contribution in [0.15, 0.2) is 78.9 Å². The lowest BCUT2D eigenvalue weighted by molar-refractivity contribution is 0.131. The third kappa shape index (κ3) is 4.33. The van der Waals surface area contributed by atoms with Crippen molar-refractivity contribution in [3.8, 4) is 11.1 Å². The van der Waals surface area contributed by atoms with Crippen molar-refractivity contribution in [2.45, 2.75) is 24.8 Å². The van der Waals surface area contributed by atoms with Gasteiger partial charge in [0.2, 0.25) is 0 Å². The van der Waals surface area contributed by atoms with Gasteiger partial charge in [0.1, 0.15) is 6.61 Å². The zero-order valence-electron chi connectivity index (χ0n) is 16.3. The van der Waals surface area contributed by atoms with E-state index in [1.165, 1.54) is 27.8 Å². The summed E-state index contributed by atoms with van der Waals surface area (Å²) in [5.41, 5.74) is 5.95. The second-order valence-electron chi connectivity index (χ2n) is 7.37. The SMILES string of the molecule is O=C(NC(CO)CCc1ccccc1)OCC1c2ccccc2-c2ccccc21. The zero-order chi connectivity index (χ0) is 20.1. The highest BCUT2D eigenvalue weighted by molar-refractivity contribution is 5.79. The summed E-state index contributed by atoms with van der Waals surface area (Å²) in [6, 6.07) is 26.2. The number of hydrogen-bond acceptors (Lipinski definition) is 3. The fraction of sp³-hybridized carbons (Fsp3) is 0.240. The highest BCUT2D eigenvalue weighted by Gasteiger charge is 2.29. The Bertz CT molecular complexity index is 925. The van der Waals surface area contributed by atoms with Crippen LogP contribution < -0.4 is 5.32 Å². The van der Waals surface area contributed by atoms with Crippen LogP contribution >= 0.6 is 0 Å². The third-order valence-corrected chi connectivity index (χ3v) is 5.51.